The fourth-order valence-electron chi connectivity index (χ4n) is 2.91. The third-order valence-corrected chi connectivity index (χ3v) is 4.02. The molecule has 0 aliphatic heterocycles. The lowest BCUT2D eigenvalue weighted by molar-refractivity contribution is 0.356. The van der Waals surface area contributed by atoms with Gasteiger partial charge in [0.2, 0.25) is 0 Å². The Bertz CT molecular complexity index is 1010. The summed E-state index contributed by atoms with van der Waals surface area (Å²) in [4.78, 5) is 4.78. The molecule has 0 spiro atoms. The monoisotopic (exact) mass is 289 g/mol. The number of rotatable bonds is 2. The molecule has 108 valence electrons. The smallest absolute Gasteiger partial charge is 0.162 e. The molecule has 0 unspecified atom stereocenters. The first-order chi connectivity index (χ1) is 10.8. The molecule has 4 aromatic rings. The van der Waals surface area contributed by atoms with E-state index >= 15 is 0 Å². The Morgan fingerprint density at radius 3 is 2.27 bits per heavy atom. The Hall–Kier alpha value is -2.81. The van der Waals surface area contributed by atoms with Crippen LogP contribution in [0.2, 0.25) is 0 Å². The lowest BCUT2D eigenvalue weighted by Crippen LogP contribution is -1.92. The van der Waals surface area contributed by atoms with Gasteiger partial charge in [-0.1, -0.05) is 30.3 Å². The predicted octanol–water partition coefficient (Wildman–Crippen LogP) is 4.56. The molecule has 0 aliphatic rings. The van der Waals surface area contributed by atoms with Crippen molar-refractivity contribution in [3.8, 4) is 11.5 Å². The number of fused-ring (bicyclic) bond motifs is 4. The van der Waals surface area contributed by atoms with E-state index in [1.165, 1.54) is 10.8 Å². The molecule has 0 amide bonds. The summed E-state index contributed by atoms with van der Waals surface area (Å²) in [6, 6.07) is 18.6. The Morgan fingerprint density at radius 2 is 1.45 bits per heavy atom. The summed E-state index contributed by atoms with van der Waals surface area (Å²) in [6.45, 7) is 0. The van der Waals surface area contributed by atoms with Crippen LogP contribution in [-0.4, -0.2) is 19.2 Å². The van der Waals surface area contributed by atoms with Crippen molar-refractivity contribution in [1.29, 1.82) is 0 Å². The van der Waals surface area contributed by atoms with Gasteiger partial charge in [-0.3, -0.25) is 0 Å². The number of hydrogen-bond donors (Lipinski definition) is 0. The fourth-order valence-corrected chi connectivity index (χ4v) is 2.91. The van der Waals surface area contributed by atoms with Crippen molar-refractivity contribution in [3.63, 3.8) is 0 Å². The third-order valence-electron chi connectivity index (χ3n) is 4.02. The Morgan fingerprint density at radius 1 is 0.682 bits per heavy atom. The number of benzene rings is 3. The first kappa shape index (κ1) is 12.9. The van der Waals surface area contributed by atoms with Crippen molar-refractivity contribution in [2.75, 3.05) is 14.2 Å². The van der Waals surface area contributed by atoms with E-state index in [0.717, 1.165) is 27.6 Å². The Balaban J connectivity index is 2.12. The minimum Gasteiger partial charge on any atom is -0.493 e. The molecule has 3 aromatic carbocycles. The van der Waals surface area contributed by atoms with Crippen LogP contribution in [0.4, 0.5) is 0 Å². The van der Waals surface area contributed by atoms with Gasteiger partial charge in [0.1, 0.15) is 0 Å². The zero-order chi connectivity index (χ0) is 15.1. The molecule has 3 nitrogen and oxygen atoms in total. The quantitative estimate of drug-likeness (QED) is 0.400. The van der Waals surface area contributed by atoms with Crippen LogP contribution in [0.1, 0.15) is 0 Å². The van der Waals surface area contributed by atoms with E-state index in [1.54, 1.807) is 14.2 Å². The number of nitrogens with zero attached hydrogens (tertiary/aromatic N) is 1. The summed E-state index contributed by atoms with van der Waals surface area (Å²) in [5.74, 6) is 1.42. The number of hydrogen-bond acceptors (Lipinski definition) is 3. The number of methoxy groups -OCH3 is 2. The highest BCUT2D eigenvalue weighted by Crippen LogP contribution is 2.34. The SMILES string of the molecule is COc1cc2cc3c(ccc4ccccc43)nc2cc1OC. The van der Waals surface area contributed by atoms with E-state index in [4.69, 9.17) is 14.5 Å². The van der Waals surface area contributed by atoms with Gasteiger partial charge < -0.3 is 9.47 Å². The van der Waals surface area contributed by atoms with E-state index in [9.17, 15) is 0 Å². The second kappa shape index (κ2) is 4.88. The molecule has 0 aliphatic carbocycles. The van der Waals surface area contributed by atoms with Crippen LogP contribution in [0.3, 0.4) is 0 Å². The average Bonchev–Trinajstić information content (AvgIpc) is 2.58. The Labute approximate surface area is 128 Å². The topological polar surface area (TPSA) is 31.4 Å². The molecular formula is C19H15NO2. The summed E-state index contributed by atoms with van der Waals surface area (Å²) in [5.41, 5.74) is 1.89. The summed E-state index contributed by atoms with van der Waals surface area (Å²) in [5, 5.41) is 4.63. The number of pyridine rings is 1. The number of ether oxygens (including phenoxy) is 2. The molecule has 0 saturated carbocycles. The van der Waals surface area contributed by atoms with E-state index in [1.807, 2.05) is 12.1 Å². The van der Waals surface area contributed by atoms with Gasteiger partial charge in [0.25, 0.3) is 0 Å². The molecule has 22 heavy (non-hydrogen) atoms. The molecule has 0 fully saturated rings. The second-order valence-corrected chi connectivity index (χ2v) is 5.24. The maximum atomic E-state index is 5.39. The van der Waals surface area contributed by atoms with Crippen LogP contribution in [0.25, 0.3) is 32.6 Å². The van der Waals surface area contributed by atoms with Crippen LogP contribution >= 0.6 is 0 Å². The lowest BCUT2D eigenvalue weighted by atomic mass is 10.0. The van der Waals surface area contributed by atoms with Gasteiger partial charge >= 0.3 is 0 Å². The maximum Gasteiger partial charge on any atom is 0.162 e. The van der Waals surface area contributed by atoms with Crippen LogP contribution in [-0.2, 0) is 0 Å². The zero-order valence-electron chi connectivity index (χ0n) is 12.5. The van der Waals surface area contributed by atoms with Gasteiger partial charge in [-0.15, -0.1) is 0 Å². The first-order valence-electron chi connectivity index (χ1n) is 7.14. The van der Waals surface area contributed by atoms with Crippen molar-refractivity contribution in [1.82, 2.24) is 4.98 Å². The second-order valence-electron chi connectivity index (χ2n) is 5.24. The van der Waals surface area contributed by atoms with Crippen LogP contribution < -0.4 is 9.47 Å². The number of aromatic nitrogens is 1. The largest absolute Gasteiger partial charge is 0.493 e. The Kier molecular flexibility index (Phi) is 2.86. The van der Waals surface area contributed by atoms with Crippen molar-refractivity contribution < 1.29 is 9.47 Å². The summed E-state index contributed by atoms with van der Waals surface area (Å²) in [7, 11) is 3.28. The molecule has 0 saturated heterocycles. The highest BCUT2D eigenvalue weighted by Gasteiger charge is 2.09. The van der Waals surface area contributed by atoms with E-state index in [2.05, 4.69) is 42.5 Å². The fraction of sp³-hybridized carbons (Fsp3) is 0.105. The molecule has 4 rings (SSSR count). The van der Waals surface area contributed by atoms with Gasteiger partial charge in [-0.05, 0) is 29.0 Å². The van der Waals surface area contributed by atoms with Crippen molar-refractivity contribution in [2.45, 2.75) is 0 Å². The van der Waals surface area contributed by atoms with Crippen molar-refractivity contribution in [3.05, 3.63) is 54.6 Å². The van der Waals surface area contributed by atoms with E-state index in [0.29, 0.717) is 5.75 Å². The van der Waals surface area contributed by atoms with Gasteiger partial charge in [-0.25, -0.2) is 4.98 Å². The molecule has 1 aromatic heterocycles. The summed E-state index contributed by atoms with van der Waals surface area (Å²) < 4.78 is 10.8. The highest BCUT2D eigenvalue weighted by molar-refractivity contribution is 6.09. The minimum absolute atomic E-state index is 0.697. The lowest BCUT2D eigenvalue weighted by Gasteiger charge is -2.10. The summed E-state index contributed by atoms with van der Waals surface area (Å²) >= 11 is 0. The van der Waals surface area contributed by atoms with E-state index < -0.39 is 0 Å². The molecule has 0 radical (unpaired) electrons. The molecule has 3 heteroatoms. The standard InChI is InChI=1S/C19H15NO2/c1-21-18-10-13-9-15-14-6-4-3-5-12(14)7-8-16(15)20-17(13)11-19(18)22-2/h3-11H,1-2H3. The van der Waals surface area contributed by atoms with Gasteiger partial charge in [0, 0.05) is 16.8 Å². The first-order valence-corrected chi connectivity index (χ1v) is 7.14. The van der Waals surface area contributed by atoms with Crippen molar-refractivity contribution in [2.24, 2.45) is 0 Å². The van der Waals surface area contributed by atoms with Crippen molar-refractivity contribution >= 4 is 32.6 Å². The normalized spacial score (nSPS) is 11.2. The van der Waals surface area contributed by atoms with Gasteiger partial charge in [-0.2, -0.15) is 0 Å². The molecule has 1 heterocycles. The molecule has 0 atom stereocenters. The van der Waals surface area contributed by atoms with Gasteiger partial charge in [0.05, 0.1) is 25.3 Å². The molecule has 0 bridgehead atoms. The third kappa shape index (κ3) is 1.86. The summed E-state index contributed by atoms with van der Waals surface area (Å²) in [6.07, 6.45) is 0. The van der Waals surface area contributed by atoms with Gasteiger partial charge in [0.15, 0.2) is 11.5 Å². The average molecular weight is 289 g/mol. The highest BCUT2D eigenvalue weighted by atomic mass is 16.5. The zero-order valence-corrected chi connectivity index (χ0v) is 12.5. The minimum atomic E-state index is 0.697. The van der Waals surface area contributed by atoms with E-state index in [-0.39, 0.29) is 0 Å². The molecule has 0 N–H and O–H groups in total. The molecular weight excluding hydrogens is 274 g/mol. The predicted molar refractivity (Wildman–Crippen MR) is 89.9 cm³/mol. The van der Waals surface area contributed by atoms with Crippen LogP contribution in [0.5, 0.6) is 11.5 Å². The van der Waals surface area contributed by atoms with Crippen LogP contribution in [0, 0.1) is 0 Å². The van der Waals surface area contributed by atoms with Crippen LogP contribution in [0.15, 0.2) is 54.6 Å². The maximum absolute atomic E-state index is 5.39.